The lowest BCUT2D eigenvalue weighted by Crippen LogP contribution is -2.73. The number of fused-ring (bicyclic) bond motifs is 6. The molecule has 4 atom stereocenters. The molecule has 11 rings (SSSR count). The second-order valence-electron chi connectivity index (χ2n) is 28.6. The van der Waals surface area contributed by atoms with Crippen molar-refractivity contribution in [2.45, 2.75) is 96.7 Å². The SMILES string of the molecule is Cc1c[nH]c2c(OC(=O)N(C)CCN(C)C(=O)OCc3ccc(N(C(=O)[C@@H](NC(=O)CCOCCOCCOCCOCCOCCOCCN4C(=O)C=CC4=O)C(C)C)[C@@H](CCCNC(N)=O)C(=O)O)cc3)cc3c(c12)[C@H](CCl)CN3C(=O)C12CC(C(=O)N3C[C@@H](CCl)c4c3cc(OP(=O)(O)O)c3[nH]cc(C)c43)(C1)C2. The molecule has 0 saturated heterocycles. The topological polar surface area (TPSA) is 433 Å². The zero-order valence-corrected chi connectivity index (χ0v) is 65.1. The van der Waals surface area contributed by atoms with E-state index >= 15 is 4.79 Å². The number of aryl methyl sites for hydroxylation is 2. The molecule has 3 fully saturated rings. The first-order valence-electron chi connectivity index (χ1n) is 36.6. The van der Waals surface area contributed by atoms with Crippen molar-refractivity contribution in [2.24, 2.45) is 22.5 Å². The molecule has 3 aromatic carbocycles. The average Bonchev–Trinajstić information content (AvgIpc) is 1.63. The first-order valence-corrected chi connectivity index (χ1v) is 39.2. The highest BCUT2D eigenvalue weighted by Crippen LogP contribution is 2.75. The summed E-state index contributed by atoms with van der Waals surface area (Å²) < 4.78 is 62.0. The van der Waals surface area contributed by atoms with Crippen molar-refractivity contribution in [3.05, 3.63) is 88.8 Å². The van der Waals surface area contributed by atoms with E-state index in [1.807, 2.05) is 13.8 Å². The van der Waals surface area contributed by atoms with Crippen LogP contribution in [0.1, 0.15) is 92.0 Å². The standard InChI is InChI=1S/C74H96Cl2N11O23P/c1-44(2)63(81-56(88)15-20-102-22-24-104-26-28-106-30-31-107-29-27-105-25-23-103-21-19-84-57(89)13-14-58(84)90)66(91)87(51(67(92)93)8-7-16-78-70(77)96)50-11-9-47(10-12-50)40-108-71(97)82(5)17-18-83(6)72(98)109-54-32-52-61(59-45(3)36-79-64(54)59)48(34-75)38-85(52)68(94)73-41-74(42-73,43-73)69(95)86-39-49(35-76)62-53(86)33-55(110-111(99,100)101)65-60(62)46(4)37-80-65/h9-14,32-33,36-37,44,48-49,51,63,79-80H,7-8,15-31,34-35,38-43H2,1-6H3,(H,81,88)(H,92,93)(H3,77,78,96)(H2,99,100,101)/t48-,49-,51+,63+,73?,74?/m1/s1. The number of rotatable bonds is 43. The fourth-order valence-electron chi connectivity index (χ4n) is 14.8. The summed E-state index contributed by atoms with van der Waals surface area (Å²) in [7, 11) is -2.04. The van der Waals surface area contributed by atoms with Crippen LogP contribution in [0.3, 0.4) is 0 Å². The van der Waals surface area contributed by atoms with Gasteiger partial charge in [-0.3, -0.25) is 48.4 Å². The van der Waals surface area contributed by atoms with Gasteiger partial charge in [0.15, 0.2) is 11.5 Å². The molecule has 2 bridgehead atoms. The van der Waals surface area contributed by atoms with Gasteiger partial charge in [0.1, 0.15) is 18.7 Å². The molecule has 37 heteroatoms. The molecule has 0 unspecified atom stereocenters. The Morgan fingerprint density at radius 3 is 1.62 bits per heavy atom. The molecule has 604 valence electrons. The minimum Gasteiger partial charge on any atom is -0.480 e. The monoisotopic (exact) mass is 1610 g/mol. The molecule has 10 amide bonds. The van der Waals surface area contributed by atoms with Crippen molar-refractivity contribution < 1.29 is 110 Å². The second kappa shape index (κ2) is 37.6. The third-order valence-corrected chi connectivity index (χ3v) is 21.6. The zero-order chi connectivity index (χ0) is 80.1. The van der Waals surface area contributed by atoms with Crippen LogP contribution in [0.5, 0.6) is 11.5 Å². The van der Waals surface area contributed by atoms with Gasteiger partial charge in [0.05, 0.1) is 119 Å². The summed E-state index contributed by atoms with van der Waals surface area (Å²) in [5.41, 5.74) is 9.14. The number of amides is 10. The van der Waals surface area contributed by atoms with Crippen LogP contribution in [0, 0.1) is 30.6 Å². The number of nitrogens with one attached hydrogen (secondary N) is 4. The van der Waals surface area contributed by atoms with Gasteiger partial charge in [0.25, 0.3) is 17.7 Å². The molecular weight excluding hydrogens is 1510 g/mol. The zero-order valence-electron chi connectivity index (χ0n) is 62.7. The number of ether oxygens (including phenoxy) is 8. The number of carboxylic acid groups (broad SMARTS) is 1. The molecule has 34 nitrogen and oxygen atoms in total. The van der Waals surface area contributed by atoms with E-state index in [2.05, 4.69) is 20.6 Å². The number of nitrogens with zero attached hydrogens (tertiary/aromatic N) is 6. The van der Waals surface area contributed by atoms with Crippen LogP contribution in [-0.4, -0.2) is 256 Å². The number of alkyl halides is 2. The van der Waals surface area contributed by atoms with E-state index in [-0.39, 0.29) is 182 Å². The van der Waals surface area contributed by atoms with Crippen LogP contribution in [-0.2, 0) is 77.9 Å². The van der Waals surface area contributed by atoms with Crippen LogP contribution in [0.2, 0.25) is 0 Å². The Kier molecular flexibility index (Phi) is 28.6. The predicted molar refractivity (Wildman–Crippen MR) is 405 cm³/mol. The number of nitrogens with two attached hydrogens (primary N) is 1. The number of carboxylic acids is 1. The molecule has 0 radical (unpaired) electrons. The van der Waals surface area contributed by atoms with Gasteiger partial charge in [-0.1, -0.05) is 26.0 Å². The number of H-pyrrole nitrogens is 2. The Hall–Kier alpha value is -8.93. The fourth-order valence-corrected chi connectivity index (χ4v) is 15.7. The summed E-state index contributed by atoms with van der Waals surface area (Å²) in [4.78, 5) is 167. The third-order valence-electron chi connectivity index (χ3n) is 20.4. The lowest BCUT2D eigenvalue weighted by molar-refractivity contribution is -0.205. The maximum absolute atomic E-state index is 15.0. The average molecular weight is 1610 g/mol. The van der Waals surface area contributed by atoms with E-state index < -0.39 is 72.7 Å². The number of anilines is 3. The van der Waals surface area contributed by atoms with Crippen LogP contribution in [0.25, 0.3) is 21.8 Å². The van der Waals surface area contributed by atoms with Gasteiger partial charge in [-0.05, 0) is 91.8 Å². The van der Waals surface area contributed by atoms with E-state index in [4.69, 9.17) is 71.4 Å². The van der Waals surface area contributed by atoms with Crippen molar-refractivity contribution in [1.29, 1.82) is 0 Å². The number of carbonyl (C=O) groups excluding carboxylic acids is 9. The van der Waals surface area contributed by atoms with Crippen molar-refractivity contribution in [3.8, 4) is 11.5 Å². The number of aromatic nitrogens is 2. The van der Waals surface area contributed by atoms with Crippen LogP contribution in [0.4, 0.5) is 31.4 Å². The van der Waals surface area contributed by atoms with Gasteiger partial charge in [0.2, 0.25) is 17.7 Å². The largest absolute Gasteiger partial charge is 0.524 e. The van der Waals surface area contributed by atoms with Gasteiger partial charge < -0.3 is 93.5 Å². The van der Waals surface area contributed by atoms with Crippen LogP contribution >= 0.6 is 31.0 Å². The number of aromatic amines is 2. The number of likely N-dealkylation sites (N-methyl/N-ethyl adjacent to an activating group) is 2. The number of carbonyl (C=O) groups is 10. The number of urea groups is 1. The molecule has 5 aromatic rings. The second-order valence-corrected chi connectivity index (χ2v) is 30.3. The smallest absolute Gasteiger partial charge is 0.480 e. The summed E-state index contributed by atoms with van der Waals surface area (Å²) in [6.07, 6.45) is 5.02. The molecule has 6 aliphatic rings. The van der Waals surface area contributed by atoms with E-state index in [0.29, 0.717) is 79.6 Å². The number of phosphoric acid groups is 1. The van der Waals surface area contributed by atoms with Crippen molar-refractivity contribution in [3.63, 3.8) is 0 Å². The number of hydrogen-bond acceptors (Lipinski definition) is 20. The minimum absolute atomic E-state index is 0.0120. The van der Waals surface area contributed by atoms with Gasteiger partial charge in [-0.2, -0.15) is 0 Å². The molecule has 0 spiro atoms. The van der Waals surface area contributed by atoms with Gasteiger partial charge in [-0.15, -0.1) is 23.2 Å². The Bertz CT molecular complexity index is 4300. The highest BCUT2D eigenvalue weighted by molar-refractivity contribution is 7.46. The quantitative estimate of drug-likeness (QED) is 0.00901. The first-order chi connectivity index (χ1) is 53.0. The number of aliphatic carboxylic acids is 1. The minimum atomic E-state index is -5.01. The number of imide groups is 1. The number of hydrogen-bond donors (Lipinski definition) is 8. The van der Waals surface area contributed by atoms with Gasteiger partial charge in [0, 0.05) is 130 Å². The van der Waals surface area contributed by atoms with Crippen LogP contribution in [0.15, 0.2) is 60.9 Å². The summed E-state index contributed by atoms with van der Waals surface area (Å²) in [5, 5.41) is 17.2. The number of halogens is 2. The Morgan fingerprint density at radius 2 is 1.15 bits per heavy atom. The molecule has 5 heterocycles. The molecular formula is C74H96Cl2N11O23P. The molecule has 3 saturated carbocycles. The highest BCUT2D eigenvalue weighted by Gasteiger charge is 2.76. The molecule has 3 aliphatic carbocycles. The number of benzene rings is 3. The maximum atomic E-state index is 15.0. The van der Waals surface area contributed by atoms with E-state index in [9.17, 15) is 62.6 Å². The van der Waals surface area contributed by atoms with Crippen LogP contribution < -0.4 is 40.3 Å². The van der Waals surface area contributed by atoms with Crippen molar-refractivity contribution in [2.75, 3.05) is 159 Å². The third kappa shape index (κ3) is 19.9. The molecule has 9 N–H and O–H groups in total. The molecule has 3 aliphatic heterocycles. The number of phosphoric ester groups is 1. The predicted octanol–water partition coefficient (Wildman–Crippen LogP) is 6.44. The Labute approximate surface area is 650 Å². The summed E-state index contributed by atoms with van der Waals surface area (Å²) in [5.74, 6) is -4.49. The highest BCUT2D eigenvalue weighted by atomic mass is 35.5. The Balaban J connectivity index is 0.672. The first kappa shape index (κ1) is 84.5. The normalized spacial score (nSPS) is 18.7. The number of primary amides is 1. The van der Waals surface area contributed by atoms with E-state index in [1.54, 1.807) is 54.2 Å². The van der Waals surface area contributed by atoms with Crippen molar-refractivity contribution in [1.82, 2.24) is 35.3 Å². The lowest BCUT2D eigenvalue weighted by atomic mass is 9.34. The van der Waals surface area contributed by atoms with E-state index in [0.717, 1.165) is 37.4 Å². The maximum Gasteiger partial charge on any atom is 0.524 e. The van der Waals surface area contributed by atoms with E-state index in [1.165, 1.54) is 54.2 Å². The fraction of sp³-hybridized carbons (Fsp3) is 0.541. The van der Waals surface area contributed by atoms with Crippen molar-refractivity contribution >= 4 is 130 Å². The summed E-state index contributed by atoms with van der Waals surface area (Å²) >= 11 is 13.2. The molecule has 2 aromatic heterocycles. The van der Waals surface area contributed by atoms with Gasteiger partial charge >= 0.3 is 32.0 Å². The molecule has 111 heavy (non-hydrogen) atoms. The summed E-state index contributed by atoms with van der Waals surface area (Å²) in [6, 6.07) is 5.69. The lowest BCUT2D eigenvalue weighted by Gasteiger charge is -2.69. The summed E-state index contributed by atoms with van der Waals surface area (Å²) in [6.45, 7) is 10.6. The Morgan fingerprint density at radius 1 is 0.685 bits per heavy atom. The van der Waals surface area contributed by atoms with Gasteiger partial charge in [-0.25, -0.2) is 23.7 Å².